The number of carbonyl (C=O) groups is 3. The van der Waals surface area contributed by atoms with Crippen LogP contribution in [0.3, 0.4) is 0 Å². The number of non-ortho nitro benzene ring substituents is 1. The van der Waals surface area contributed by atoms with Gasteiger partial charge in [0.1, 0.15) is 6.54 Å². The summed E-state index contributed by atoms with van der Waals surface area (Å²) in [5.41, 5.74) is -1.04. The molecule has 0 unspecified atom stereocenters. The maximum Gasteiger partial charge on any atom is 0.325 e. The number of benzene rings is 2. The molecule has 0 aliphatic heterocycles. The second-order valence-electron chi connectivity index (χ2n) is 5.42. The van der Waals surface area contributed by atoms with E-state index in [2.05, 4.69) is 10.1 Å². The summed E-state index contributed by atoms with van der Waals surface area (Å²) in [5.74, 6) is -7.69. The van der Waals surface area contributed by atoms with Gasteiger partial charge < -0.3 is 15.4 Å². The summed E-state index contributed by atoms with van der Waals surface area (Å²) in [6.45, 7) is -1.54. The molecule has 0 radical (unpaired) electrons. The van der Waals surface area contributed by atoms with Crippen LogP contribution in [0.5, 0.6) is 0 Å². The van der Waals surface area contributed by atoms with E-state index in [1.165, 1.54) is 18.2 Å². The number of nitrogens with one attached hydrogen (secondary N) is 2. The molecule has 0 saturated heterocycles. The van der Waals surface area contributed by atoms with Crippen molar-refractivity contribution in [3.8, 4) is 0 Å². The molecule has 0 spiro atoms. The van der Waals surface area contributed by atoms with Crippen molar-refractivity contribution >= 4 is 29.2 Å². The molecule has 0 saturated carbocycles. The number of halogens is 3. The molecular formula is C17H12F3N3O6. The minimum atomic E-state index is -1.77. The molecule has 2 N–H and O–H groups in total. The van der Waals surface area contributed by atoms with E-state index in [9.17, 15) is 37.7 Å². The number of nitrogens with zero attached hydrogens (tertiary/aromatic N) is 1. The third-order valence-electron chi connectivity index (χ3n) is 3.39. The highest BCUT2D eigenvalue weighted by atomic mass is 19.2. The Morgan fingerprint density at radius 3 is 2.48 bits per heavy atom. The zero-order valence-electron chi connectivity index (χ0n) is 14.4. The van der Waals surface area contributed by atoms with Crippen molar-refractivity contribution in [2.75, 3.05) is 18.5 Å². The summed E-state index contributed by atoms with van der Waals surface area (Å²) in [5, 5.41) is 14.7. The lowest BCUT2D eigenvalue weighted by Gasteiger charge is -2.09. The molecule has 0 bridgehead atoms. The molecule has 2 aromatic carbocycles. The van der Waals surface area contributed by atoms with Gasteiger partial charge in [-0.05, 0) is 18.2 Å². The second-order valence-corrected chi connectivity index (χ2v) is 5.42. The highest BCUT2D eigenvalue weighted by Gasteiger charge is 2.17. The first-order valence-electron chi connectivity index (χ1n) is 7.80. The summed E-state index contributed by atoms with van der Waals surface area (Å²) < 4.78 is 43.9. The molecule has 152 valence electrons. The van der Waals surface area contributed by atoms with Gasteiger partial charge in [0.25, 0.3) is 17.5 Å². The molecule has 0 atom stereocenters. The van der Waals surface area contributed by atoms with Crippen LogP contribution < -0.4 is 10.6 Å². The average molecular weight is 411 g/mol. The fourth-order valence-corrected chi connectivity index (χ4v) is 2.02. The molecular weight excluding hydrogens is 399 g/mol. The van der Waals surface area contributed by atoms with Crippen LogP contribution in [0.2, 0.25) is 0 Å². The molecule has 0 aromatic heterocycles. The van der Waals surface area contributed by atoms with Crippen LogP contribution in [0.25, 0.3) is 0 Å². The molecule has 0 heterocycles. The summed E-state index contributed by atoms with van der Waals surface area (Å²) in [6, 6.07) is 6.14. The number of nitro benzene ring substituents is 1. The Hall–Kier alpha value is -3.96. The predicted molar refractivity (Wildman–Crippen MR) is 91.3 cm³/mol. The third-order valence-corrected chi connectivity index (χ3v) is 3.39. The fraction of sp³-hybridized carbons (Fsp3) is 0.118. The van der Waals surface area contributed by atoms with Crippen molar-refractivity contribution in [3.63, 3.8) is 0 Å². The third kappa shape index (κ3) is 5.76. The molecule has 0 aliphatic carbocycles. The maximum atomic E-state index is 13.4. The van der Waals surface area contributed by atoms with Crippen LogP contribution in [-0.2, 0) is 14.3 Å². The first-order valence-corrected chi connectivity index (χ1v) is 7.80. The quantitative estimate of drug-likeness (QED) is 0.310. The van der Waals surface area contributed by atoms with Crippen LogP contribution in [0.4, 0.5) is 24.5 Å². The van der Waals surface area contributed by atoms with Gasteiger partial charge in [-0.2, -0.15) is 0 Å². The number of hydrogen-bond acceptors (Lipinski definition) is 6. The van der Waals surface area contributed by atoms with Crippen LogP contribution in [0, 0.1) is 27.6 Å². The van der Waals surface area contributed by atoms with E-state index < -0.39 is 59.0 Å². The summed E-state index contributed by atoms with van der Waals surface area (Å²) in [6.07, 6.45) is 0. The van der Waals surface area contributed by atoms with E-state index >= 15 is 0 Å². The Kier molecular flexibility index (Phi) is 6.85. The SMILES string of the molecule is O=C(COC(=O)CNC(=O)c1cccc([N+](=O)[O-])c1)Nc1ccc(F)c(F)c1F. The van der Waals surface area contributed by atoms with E-state index in [-0.39, 0.29) is 11.3 Å². The highest BCUT2D eigenvalue weighted by molar-refractivity contribution is 5.97. The standard InChI is InChI=1S/C17H12F3N3O6/c18-11-4-5-12(16(20)15(11)19)22-13(24)8-29-14(25)7-21-17(26)9-2-1-3-10(6-9)23(27)28/h1-6H,7-8H2,(H,21,26)(H,22,24). The van der Waals surface area contributed by atoms with Gasteiger partial charge in [-0.1, -0.05) is 6.07 Å². The first kappa shape index (κ1) is 21.3. The normalized spacial score (nSPS) is 10.2. The fourth-order valence-electron chi connectivity index (χ4n) is 2.02. The predicted octanol–water partition coefficient (Wildman–Crippen LogP) is 1.92. The Labute approximate surface area is 160 Å². The van der Waals surface area contributed by atoms with Gasteiger partial charge >= 0.3 is 5.97 Å². The minimum absolute atomic E-state index is 0.0708. The van der Waals surface area contributed by atoms with Gasteiger partial charge in [-0.15, -0.1) is 0 Å². The largest absolute Gasteiger partial charge is 0.454 e. The number of anilines is 1. The Morgan fingerprint density at radius 1 is 1.07 bits per heavy atom. The van der Waals surface area contributed by atoms with Crippen LogP contribution >= 0.6 is 0 Å². The van der Waals surface area contributed by atoms with Crippen LogP contribution in [0.15, 0.2) is 36.4 Å². The average Bonchev–Trinajstić information content (AvgIpc) is 2.71. The number of esters is 1. The zero-order valence-corrected chi connectivity index (χ0v) is 14.4. The van der Waals surface area contributed by atoms with Crippen molar-refractivity contribution in [2.45, 2.75) is 0 Å². The van der Waals surface area contributed by atoms with Gasteiger partial charge in [0.05, 0.1) is 10.6 Å². The number of hydrogen-bond donors (Lipinski definition) is 2. The van der Waals surface area contributed by atoms with E-state index in [1.54, 1.807) is 0 Å². The Balaban J connectivity index is 1.82. The first-order chi connectivity index (χ1) is 13.7. The van der Waals surface area contributed by atoms with Crippen molar-refractivity contribution in [1.82, 2.24) is 5.32 Å². The maximum absolute atomic E-state index is 13.4. The van der Waals surface area contributed by atoms with E-state index in [1.807, 2.05) is 5.32 Å². The Morgan fingerprint density at radius 2 is 1.79 bits per heavy atom. The van der Waals surface area contributed by atoms with Gasteiger partial charge in [0, 0.05) is 17.7 Å². The summed E-state index contributed by atoms with van der Waals surface area (Å²) in [4.78, 5) is 45.0. The number of rotatable bonds is 7. The number of ether oxygens (including phenoxy) is 1. The Bertz CT molecular complexity index is 983. The van der Waals surface area contributed by atoms with Crippen molar-refractivity contribution < 1.29 is 37.2 Å². The molecule has 2 rings (SSSR count). The van der Waals surface area contributed by atoms with Gasteiger partial charge in [-0.25, -0.2) is 13.2 Å². The lowest BCUT2D eigenvalue weighted by molar-refractivity contribution is -0.384. The number of carbonyl (C=O) groups excluding carboxylic acids is 3. The van der Waals surface area contributed by atoms with Crippen LogP contribution in [-0.4, -0.2) is 35.9 Å². The highest BCUT2D eigenvalue weighted by Crippen LogP contribution is 2.19. The monoisotopic (exact) mass is 411 g/mol. The molecule has 0 aliphatic rings. The minimum Gasteiger partial charge on any atom is -0.454 e. The molecule has 2 amide bonds. The topological polar surface area (TPSA) is 128 Å². The van der Waals surface area contributed by atoms with Gasteiger partial charge in [0.2, 0.25) is 0 Å². The lowest BCUT2D eigenvalue weighted by atomic mass is 10.2. The number of nitro groups is 1. The van der Waals surface area contributed by atoms with Crippen molar-refractivity contribution in [1.29, 1.82) is 0 Å². The van der Waals surface area contributed by atoms with Gasteiger partial charge in [-0.3, -0.25) is 24.5 Å². The molecule has 12 heteroatoms. The molecule has 29 heavy (non-hydrogen) atoms. The summed E-state index contributed by atoms with van der Waals surface area (Å²) in [7, 11) is 0. The molecule has 0 fully saturated rings. The van der Waals surface area contributed by atoms with Gasteiger partial charge in [0.15, 0.2) is 24.1 Å². The second kappa shape index (κ2) is 9.30. The zero-order chi connectivity index (χ0) is 21.6. The van der Waals surface area contributed by atoms with E-state index in [0.717, 1.165) is 12.1 Å². The van der Waals surface area contributed by atoms with E-state index in [0.29, 0.717) is 6.07 Å². The smallest absolute Gasteiger partial charge is 0.325 e. The molecule has 9 nitrogen and oxygen atoms in total. The summed E-state index contributed by atoms with van der Waals surface area (Å²) >= 11 is 0. The lowest BCUT2D eigenvalue weighted by Crippen LogP contribution is -2.32. The van der Waals surface area contributed by atoms with Crippen LogP contribution in [0.1, 0.15) is 10.4 Å². The molecule has 2 aromatic rings. The van der Waals surface area contributed by atoms with Crippen molar-refractivity contribution in [2.24, 2.45) is 0 Å². The van der Waals surface area contributed by atoms with Crippen molar-refractivity contribution in [3.05, 3.63) is 69.5 Å². The van der Waals surface area contributed by atoms with E-state index in [4.69, 9.17) is 0 Å². The number of amides is 2.